The number of aromatic nitrogens is 2. The van der Waals surface area contributed by atoms with Gasteiger partial charge < -0.3 is 0 Å². The fourth-order valence-electron chi connectivity index (χ4n) is 5.16. The van der Waals surface area contributed by atoms with Gasteiger partial charge in [-0.2, -0.15) is 0 Å². The molecule has 0 bridgehead atoms. The molecular weight excluding hydrogens is 687 g/mol. The van der Waals surface area contributed by atoms with Crippen LogP contribution in [0.4, 0.5) is 0 Å². The molecule has 0 amide bonds. The van der Waals surface area contributed by atoms with E-state index in [2.05, 4.69) is 82.8 Å². The normalized spacial score (nSPS) is 10.4. The van der Waals surface area contributed by atoms with E-state index in [4.69, 9.17) is 0 Å². The Morgan fingerprint density at radius 2 is 0.773 bits per heavy atom. The van der Waals surface area contributed by atoms with E-state index in [-0.39, 0.29) is 56.6 Å². The van der Waals surface area contributed by atoms with Crippen molar-refractivity contribution >= 4 is 33.4 Å². The van der Waals surface area contributed by atoms with Gasteiger partial charge in [0, 0.05) is 72.9 Å². The van der Waals surface area contributed by atoms with E-state index in [0.29, 0.717) is 11.1 Å². The third kappa shape index (κ3) is 7.02. The Morgan fingerprint density at radius 3 is 1.14 bits per heavy atom. The summed E-state index contributed by atoms with van der Waals surface area (Å²) >= 11 is 0. The van der Waals surface area contributed by atoms with Gasteiger partial charge in [-0.25, -0.2) is 0 Å². The number of carbonyl (C=O) groups is 2. The van der Waals surface area contributed by atoms with Crippen LogP contribution in [0.2, 0.25) is 0 Å². The maximum absolute atomic E-state index is 11.8. The minimum Gasteiger partial charge on any atom is -0.294 e. The summed E-state index contributed by atoms with van der Waals surface area (Å²) in [6.45, 7) is 0. The van der Waals surface area contributed by atoms with Gasteiger partial charge in [-0.15, -0.1) is 0 Å². The molecule has 2 heterocycles. The van der Waals surface area contributed by atoms with E-state index in [9.17, 15) is 9.59 Å². The second-order valence-corrected chi connectivity index (χ2v) is 10.1. The molecule has 0 aliphatic rings. The number of ketones is 2. The van der Waals surface area contributed by atoms with Crippen molar-refractivity contribution in [2.24, 2.45) is 0 Å². The van der Waals surface area contributed by atoms with Crippen LogP contribution in [0.3, 0.4) is 0 Å². The van der Waals surface area contributed by atoms with E-state index in [1.165, 1.54) is 22.3 Å². The van der Waals surface area contributed by atoms with Crippen LogP contribution in [0, 0.1) is 38.6 Å². The van der Waals surface area contributed by atoms with Gasteiger partial charge in [-0.1, -0.05) is 133 Å². The molecule has 1 radical (unpaired) electrons. The number of hydrogen-bond donors (Lipinski definition) is 0. The predicted octanol–water partition coefficient (Wildman–Crippen LogP) is 9.26. The van der Waals surface area contributed by atoms with E-state index in [1.807, 2.05) is 36.7 Å². The Hall–Kier alpha value is -4.45. The van der Waals surface area contributed by atoms with Crippen LogP contribution in [-0.2, 0) is 0 Å². The second-order valence-electron chi connectivity index (χ2n) is 10.1. The smallest absolute Gasteiger partial charge is 0.170 e. The van der Waals surface area contributed by atoms with Gasteiger partial charge in [0.05, 0.1) is 17.5 Å². The SMILES string of the molecule is O=C(CC(=O)c1ccccc1)c1ccccc1.[Tb].c1ccc(-c2ccnc3c2ccc2c(-c4ccccc4)ccnc23)cc1. The molecule has 0 atom stereocenters. The monoisotopic (exact) mass is 715 g/mol. The Morgan fingerprint density at radius 1 is 0.432 bits per heavy atom. The number of nitrogens with zero attached hydrogens (tertiary/aromatic N) is 2. The van der Waals surface area contributed by atoms with Crippen molar-refractivity contribution < 1.29 is 48.2 Å². The summed E-state index contributed by atoms with van der Waals surface area (Å²) in [4.78, 5) is 33.0. The van der Waals surface area contributed by atoms with Crippen LogP contribution in [-0.4, -0.2) is 21.5 Å². The van der Waals surface area contributed by atoms with E-state index >= 15 is 0 Å². The maximum Gasteiger partial charge on any atom is 0.170 e. The summed E-state index contributed by atoms with van der Waals surface area (Å²) in [5.74, 6) is -0.279. The zero-order chi connectivity index (χ0) is 29.4. The van der Waals surface area contributed by atoms with E-state index in [0.717, 1.165) is 21.8 Å². The van der Waals surface area contributed by atoms with Crippen LogP contribution in [0.25, 0.3) is 44.1 Å². The number of pyridine rings is 2. The molecule has 0 aliphatic heterocycles. The average Bonchev–Trinajstić information content (AvgIpc) is 3.09. The van der Waals surface area contributed by atoms with Gasteiger partial charge in [-0.3, -0.25) is 19.6 Å². The van der Waals surface area contributed by atoms with Crippen molar-refractivity contribution in [3.8, 4) is 22.3 Å². The number of benzene rings is 5. The Bertz CT molecular complexity index is 1870. The summed E-state index contributed by atoms with van der Waals surface area (Å²) in [7, 11) is 0. The van der Waals surface area contributed by atoms with Crippen LogP contribution in [0.1, 0.15) is 27.1 Å². The van der Waals surface area contributed by atoms with Gasteiger partial charge in [0.25, 0.3) is 0 Å². The molecule has 0 N–H and O–H groups in total. The number of fused-ring (bicyclic) bond motifs is 3. The standard InChI is InChI=1S/C24H16N2.C15H12O2.Tb/c1-3-7-17(8-4-1)19-13-15-25-23-21(19)11-12-22-20(14-16-26-24(22)23)18-9-5-2-6-10-18;16-14(12-7-3-1-4-8-12)11-15(17)13-9-5-2-6-10-13;/h1-16H;1-10H,11H2;. The zero-order valence-corrected chi connectivity index (χ0v) is 25.9. The quantitative estimate of drug-likeness (QED) is 0.0979. The first-order valence-corrected chi connectivity index (χ1v) is 14.1. The zero-order valence-electron chi connectivity index (χ0n) is 23.8. The van der Waals surface area contributed by atoms with E-state index < -0.39 is 0 Å². The van der Waals surface area contributed by atoms with Crippen molar-refractivity contribution in [2.75, 3.05) is 0 Å². The third-order valence-corrected chi connectivity index (χ3v) is 7.30. The first-order valence-electron chi connectivity index (χ1n) is 14.1. The minimum absolute atomic E-state index is 0. The molecule has 7 rings (SSSR count). The molecule has 2 aromatic heterocycles. The van der Waals surface area contributed by atoms with Gasteiger partial charge in [-0.05, 0) is 34.4 Å². The molecule has 0 aliphatic carbocycles. The summed E-state index contributed by atoms with van der Waals surface area (Å²) in [6.07, 6.45) is 3.68. The average molecular weight is 716 g/mol. The Kier molecular flexibility index (Phi) is 10.4. The molecule has 44 heavy (non-hydrogen) atoms. The molecule has 4 nitrogen and oxygen atoms in total. The molecule has 7 aromatic rings. The summed E-state index contributed by atoms with van der Waals surface area (Å²) in [6, 6.07) is 47.1. The van der Waals surface area contributed by atoms with Crippen molar-refractivity contribution in [1.82, 2.24) is 9.97 Å². The molecule has 0 spiro atoms. The van der Waals surface area contributed by atoms with Crippen LogP contribution < -0.4 is 0 Å². The minimum atomic E-state index is -0.139. The molecule has 5 heteroatoms. The topological polar surface area (TPSA) is 59.9 Å². The number of Topliss-reactive ketones (excluding diaryl/α,β-unsaturated/α-hetero) is 2. The molecule has 0 fully saturated rings. The van der Waals surface area contributed by atoms with E-state index in [1.54, 1.807) is 48.5 Å². The first-order chi connectivity index (χ1) is 21.2. The summed E-state index contributed by atoms with van der Waals surface area (Å²) < 4.78 is 0. The Balaban J connectivity index is 0.000000187. The third-order valence-electron chi connectivity index (χ3n) is 7.30. The number of rotatable bonds is 6. The van der Waals surface area contributed by atoms with Gasteiger partial charge in [0.1, 0.15) is 0 Å². The fraction of sp³-hybridized carbons (Fsp3) is 0.0256. The Labute approximate surface area is 287 Å². The van der Waals surface area contributed by atoms with Crippen LogP contribution >= 0.6 is 0 Å². The second kappa shape index (κ2) is 14.8. The van der Waals surface area contributed by atoms with Gasteiger partial charge >= 0.3 is 0 Å². The molecule has 215 valence electrons. The molecule has 0 saturated carbocycles. The largest absolute Gasteiger partial charge is 0.294 e. The molecule has 0 unspecified atom stereocenters. The maximum atomic E-state index is 11.8. The summed E-state index contributed by atoms with van der Waals surface area (Å²) in [5, 5.41) is 2.26. The van der Waals surface area contributed by atoms with Crippen molar-refractivity contribution in [2.45, 2.75) is 6.42 Å². The van der Waals surface area contributed by atoms with Crippen LogP contribution in [0.15, 0.2) is 158 Å². The van der Waals surface area contributed by atoms with Gasteiger partial charge in [0.15, 0.2) is 11.6 Å². The predicted molar refractivity (Wildman–Crippen MR) is 174 cm³/mol. The van der Waals surface area contributed by atoms with Gasteiger partial charge in [0.2, 0.25) is 0 Å². The molecule has 0 saturated heterocycles. The molecular formula is C39H28N2O2Tb. The van der Waals surface area contributed by atoms with Crippen molar-refractivity contribution in [1.29, 1.82) is 0 Å². The van der Waals surface area contributed by atoms with Crippen LogP contribution in [0.5, 0.6) is 0 Å². The fourth-order valence-corrected chi connectivity index (χ4v) is 5.16. The van der Waals surface area contributed by atoms with Crippen molar-refractivity contribution in [3.05, 3.63) is 169 Å². The summed E-state index contributed by atoms with van der Waals surface area (Å²) in [5.41, 5.74) is 7.81. The number of hydrogen-bond acceptors (Lipinski definition) is 4. The first kappa shape index (κ1) is 31.0. The number of carbonyl (C=O) groups excluding carboxylic acids is 2. The molecule has 5 aromatic carbocycles. The van der Waals surface area contributed by atoms with Crippen molar-refractivity contribution in [3.63, 3.8) is 0 Å².